The molecule has 1 aromatic carbocycles. The van der Waals surface area contributed by atoms with E-state index in [1.807, 2.05) is 6.07 Å². The van der Waals surface area contributed by atoms with Crippen LogP contribution in [0, 0.1) is 5.41 Å². The Bertz CT molecular complexity index is 290. The molecule has 0 bridgehead atoms. The molecule has 0 saturated carbocycles. The number of nitrogens with zero attached hydrogens (tertiary/aromatic N) is 1. The van der Waals surface area contributed by atoms with Gasteiger partial charge in [-0.05, 0) is 5.56 Å². The lowest BCUT2D eigenvalue weighted by Crippen LogP contribution is -2.55. The summed E-state index contributed by atoms with van der Waals surface area (Å²) in [5.74, 6) is 0. The predicted molar refractivity (Wildman–Crippen MR) is 56.9 cm³/mol. The number of likely N-dealkylation sites (tertiary alicyclic amines) is 1. The summed E-state index contributed by atoms with van der Waals surface area (Å²) in [6.45, 7) is 5.47. The van der Waals surface area contributed by atoms with Gasteiger partial charge in [0.1, 0.15) is 0 Å². The number of hydrogen-bond acceptors (Lipinski definition) is 2. The third-order valence-corrected chi connectivity index (χ3v) is 2.84. The predicted octanol–water partition coefficient (Wildman–Crippen LogP) is 1.50. The van der Waals surface area contributed by atoms with Crippen LogP contribution in [0.15, 0.2) is 30.3 Å². The first-order chi connectivity index (χ1) is 6.72. The Kier molecular flexibility index (Phi) is 2.57. The van der Waals surface area contributed by atoms with Crippen molar-refractivity contribution >= 4 is 0 Å². The highest BCUT2D eigenvalue weighted by Crippen LogP contribution is 2.29. The minimum Gasteiger partial charge on any atom is -0.396 e. The zero-order chi connectivity index (χ0) is 10.0. The Labute approximate surface area is 85.2 Å². The lowest BCUT2D eigenvalue weighted by atomic mass is 9.83. The zero-order valence-corrected chi connectivity index (χ0v) is 8.61. The van der Waals surface area contributed by atoms with Crippen molar-refractivity contribution in [2.45, 2.75) is 13.5 Å². The van der Waals surface area contributed by atoms with Crippen LogP contribution in [-0.2, 0) is 6.54 Å². The number of benzene rings is 1. The number of rotatable bonds is 3. The average molecular weight is 191 g/mol. The molecule has 2 heteroatoms. The summed E-state index contributed by atoms with van der Waals surface area (Å²) in [4.78, 5) is 2.37. The molecule has 1 aromatic rings. The molecular formula is C12H17NO. The number of aliphatic hydroxyl groups excluding tert-OH is 1. The van der Waals surface area contributed by atoms with Gasteiger partial charge in [0.15, 0.2) is 0 Å². The van der Waals surface area contributed by atoms with Crippen molar-refractivity contribution in [1.82, 2.24) is 4.90 Å². The Balaban J connectivity index is 1.85. The maximum absolute atomic E-state index is 9.10. The first-order valence-electron chi connectivity index (χ1n) is 5.09. The summed E-state index contributed by atoms with van der Waals surface area (Å²) in [6.07, 6.45) is 0. The second kappa shape index (κ2) is 3.71. The van der Waals surface area contributed by atoms with Gasteiger partial charge in [0, 0.05) is 25.0 Å². The highest BCUT2D eigenvalue weighted by molar-refractivity contribution is 5.15. The van der Waals surface area contributed by atoms with E-state index < -0.39 is 0 Å². The van der Waals surface area contributed by atoms with Crippen molar-refractivity contribution in [1.29, 1.82) is 0 Å². The number of hydrogen-bond donors (Lipinski definition) is 1. The molecule has 0 spiro atoms. The van der Waals surface area contributed by atoms with Crippen LogP contribution < -0.4 is 0 Å². The molecule has 0 unspecified atom stereocenters. The van der Waals surface area contributed by atoms with Crippen molar-refractivity contribution in [3.8, 4) is 0 Å². The van der Waals surface area contributed by atoms with E-state index in [1.165, 1.54) is 5.56 Å². The van der Waals surface area contributed by atoms with Crippen LogP contribution in [0.4, 0.5) is 0 Å². The fourth-order valence-corrected chi connectivity index (χ4v) is 2.09. The fourth-order valence-electron chi connectivity index (χ4n) is 2.09. The molecule has 1 N–H and O–H groups in total. The largest absolute Gasteiger partial charge is 0.396 e. The minimum absolute atomic E-state index is 0.148. The summed E-state index contributed by atoms with van der Waals surface area (Å²) in [5, 5.41) is 9.10. The Morgan fingerprint density at radius 1 is 1.29 bits per heavy atom. The monoisotopic (exact) mass is 191 g/mol. The highest BCUT2D eigenvalue weighted by Gasteiger charge is 2.37. The molecule has 0 aliphatic carbocycles. The van der Waals surface area contributed by atoms with Gasteiger partial charge < -0.3 is 5.11 Å². The standard InChI is InChI=1S/C12H17NO/c1-12(10-14)8-13(9-12)7-11-5-3-2-4-6-11/h2-6,14H,7-10H2,1H3. The minimum atomic E-state index is 0.148. The molecule has 2 nitrogen and oxygen atoms in total. The topological polar surface area (TPSA) is 23.5 Å². The zero-order valence-electron chi connectivity index (χ0n) is 8.61. The lowest BCUT2D eigenvalue weighted by Gasteiger charge is -2.47. The SMILES string of the molecule is CC1(CO)CN(Cc2ccccc2)C1. The van der Waals surface area contributed by atoms with Crippen LogP contribution >= 0.6 is 0 Å². The van der Waals surface area contributed by atoms with Crippen LogP contribution in [0.3, 0.4) is 0 Å². The van der Waals surface area contributed by atoms with Crippen molar-refractivity contribution < 1.29 is 5.11 Å². The molecule has 1 aliphatic heterocycles. The van der Waals surface area contributed by atoms with Gasteiger partial charge in [-0.15, -0.1) is 0 Å². The van der Waals surface area contributed by atoms with Crippen molar-refractivity contribution in [3.05, 3.63) is 35.9 Å². The normalized spacial score (nSPS) is 20.4. The van der Waals surface area contributed by atoms with Gasteiger partial charge in [-0.2, -0.15) is 0 Å². The number of aliphatic hydroxyl groups is 1. The van der Waals surface area contributed by atoms with E-state index in [2.05, 4.69) is 36.1 Å². The van der Waals surface area contributed by atoms with Crippen LogP contribution in [0.1, 0.15) is 12.5 Å². The molecular weight excluding hydrogens is 174 g/mol. The molecule has 14 heavy (non-hydrogen) atoms. The molecule has 2 rings (SSSR count). The Morgan fingerprint density at radius 3 is 2.50 bits per heavy atom. The molecule has 0 amide bonds. The van der Waals surface area contributed by atoms with E-state index in [0.717, 1.165) is 19.6 Å². The van der Waals surface area contributed by atoms with Gasteiger partial charge >= 0.3 is 0 Å². The first kappa shape index (κ1) is 9.69. The Hall–Kier alpha value is -0.860. The van der Waals surface area contributed by atoms with E-state index >= 15 is 0 Å². The second-order valence-electron chi connectivity index (χ2n) is 4.60. The summed E-state index contributed by atoms with van der Waals surface area (Å²) >= 11 is 0. The molecule has 0 radical (unpaired) electrons. The van der Waals surface area contributed by atoms with Gasteiger partial charge in [0.25, 0.3) is 0 Å². The maximum Gasteiger partial charge on any atom is 0.0509 e. The molecule has 1 heterocycles. The van der Waals surface area contributed by atoms with Crippen LogP contribution in [0.2, 0.25) is 0 Å². The molecule has 0 atom stereocenters. The first-order valence-corrected chi connectivity index (χ1v) is 5.09. The van der Waals surface area contributed by atoms with Gasteiger partial charge in [-0.1, -0.05) is 37.3 Å². The fraction of sp³-hybridized carbons (Fsp3) is 0.500. The van der Waals surface area contributed by atoms with E-state index in [-0.39, 0.29) is 5.41 Å². The third-order valence-electron chi connectivity index (χ3n) is 2.84. The Morgan fingerprint density at radius 2 is 1.93 bits per heavy atom. The van der Waals surface area contributed by atoms with Gasteiger partial charge in [0.05, 0.1) is 6.61 Å². The maximum atomic E-state index is 9.10. The molecule has 1 aliphatic rings. The van der Waals surface area contributed by atoms with E-state index in [9.17, 15) is 0 Å². The summed E-state index contributed by atoms with van der Waals surface area (Å²) in [6, 6.07) is 10.5. The lowest BCUT2D eigenvalue weighted by molar-refractivity contribution is -0.0319. The van der Waals surface area contributed by atoms with Crippen LogP contribution in [0.25, 0.3) is 0 Å². The molecule has 0 aromatic heterocycles. The summed E-state index contributed by atoms with van der Waals surface area (Å²) in [7, 11) is 0. The molecule has 1 fully saturated rings. The van der Waals surface area contributed by atoms with Crippen LogP contribution in [0.5, 0.6) is 0 Å². The quantitative estimate of drug-likeness (QED) is 0.782. The van der Waals surface area contributed by atoms with Crippen LogP contribution in [-0.4, -0.2) is 29.7 Å². The van der Waals surface area contributed by atoms with Crippen molar-refractivity contribution in [2.75, 3.05) is 19.7 Å². The van der Waals surface area contributed by atoms with E-state index in [1.54, 1.807) is 0 Å². The van der Waals surface area contributed by atoms with E-state index in [0.29, 0.717) is 6.61 Å². The van der Waals surface area contributed by atoms with Gasteiger partial charge in [-0.25, -0.2) is 0 Å². The second-order valence-corrected chi connectivity index (χ2v) is 4.60. The summed E-state index contributed by atoms with van der Waals surface area (Å²) in [5.41, 5.74) is 1.50. The third kappa shape index (κ3) is 1.97. The van der Waals surface area contributed by atoms with Crippen molar-refractivity contribution in [3.63, 3.8) is 0 Å². The summed E-state index contributed by atoms with van der Waals surface area (Å²) < 4.78 is 0. The highest BCUT2D eigenvalue weighted by atomic mass is 16.3. The van der Waals surface area contributed by atoms with Gasteiger partial charge in [-0.3, -0.25) is 4.90 Å². The van der Waals surface area contributed by atoms with Crippen molar-refractivity contribution in [2.24, 2.45) is 5.41 Å². The van der Waals surface area contributed by atoms with E-state index in [4.69, 9.17) is 5.11 Å². The smallest absolute Gasteiger partial charge is 0.0509 e. The van der Waals surface area contributed by atoms with Gasteiger partial charge in [0.2, 0.25) is 0 Å². The average Bonchev–Trinajstić information content (AvgIpc) is 2.17. The molecule has 1 saturated heterocycles. The molecule has 76 valence electrons.